The van der Waals surface area contributed by atoms with Gasteiger partial charge in [-0.15, -0.1) is 5.11 Å². The molecule has 0 saturated heterocycles. The molecular weight excluding hydrogens is 448 g/mol. The molecule has 34 heavy (non-hydrogen) atoms. The van der Waals surface area contributed by atoms with Crippen molar-refractivity contribution in [1.29, 1.82) is 0 Å². The molecule has 0 heterocycles. The Morgan fingerprint density at radius 1 is 0.824 bits per heavy atom. The summed E-state index contributed by atoms with van der Waals surface area (Å²) in [6.07, 6.45) is 0.971. The minimum atomic E-state index is -0.509. The van der Waals surface area contributed by atoms with E-state index in [1.807, 2.05) is 4.90 Å². The number of rotatable bonds is 16. The number of hydrogen-bond donors (Lipinski definition) is 4. The van der Waals surface area contributed by atoms with Crippen LogP contribution >= 0.6 is 0 Å². The second kappa shape index (κ2) is 14.8. The second-order valence-electron chi connectivity index (χ2n) is 7.05. The Morgan fingerprint density at radius 3 is 1.94 bits per heavy atom. The lowest BCUT2D eigenvalue weighted by atomic mass is 10.2. The van der Waals surface area contributed by atoms with Crippen LogP contribution in [0.25, 0.3) is 0 Å². The van der Waals surface area contributed by atoms with Gasteiger partial charge in [0.2, 0.25) is 0 Å². The molecule has 0 bridgehead atoms. The van der Waals surface area contributed by atoms with E-state index < -0.39 is 4.92 Å². The van der Waals surface area contributed by atoms with Gasteiger partial charge in [-0.05, 0) is 25.0 Å². The van der Waals surface area contributed by atoms with Crippen molar-refractivity contribution >= 4 is 22.7 Å². The van der Waals surface area contributed by atoms with Crippen LogP contribution in [0.15, 0.2) is 46.6 Å². The van der Waals surface area contributed by atoms with Gasteiger partial charge in [0, 0.05) is 50.6 Å². The van der Waals surface area contributed by atoms with Crippen LogP contribution in [0.2, 0.25) is 0 Å². The van der Waals surface area contributed by atoms with Gasteiger partial charge in [0.15, 0.2) is 0 Å². The van der Waals surface area contributed by atoms with Crippen LogP contribution in [0, 0.1) is 10.1 Å². The summed E-state index contributed by atoms with van der Waals surface area (Å²) >= 11 is 0. The molecule has 12 nitrogen and oxygen atoms in total. The van der Waals surface area contributed by atoms with Crippen LogP contribution in [0.4, 0.5) is 22.7 Å². The van der Waals surface area contributed by atoms with Gasteiger partial charge in [0.05, 0.1) is 29.5 Å². The molecule has 12 heteroatoms. The Labute approximate surface area is 196 Å². The molecule has 0 aliphatic rings. The first kappa shape index (κ1) is 26.9. The van der Waals surface area contributed by atoms with Crippen LogP contribution in [-0.2, 0) is 0 Å². The predicted octanol–water partition coefficient (Wildman–Crippen LogP) is 2.32. The van der Waals surface area contributed by atoms with E-state index in [1.54, 1.807) is 12.1 Å². The highest BCUT2D eigenvalue weighted by Crippen LogP contribution is 2.41. The molecule has 0 saturated carbocycles. The highest BCUT2D eigenvalue weighted by molar-refractivity contribution is 5.70. The first-order valence-electron chi connectivity index (χ1n) is 10.8. The van der Waals surface area contributed by atoms with Crippen molar-refractivity contribution in [3.8, 4) is 11.5 Å². The number of ether oxygens (including phenoxy) is 2. The van der Waals surface area contributed by atoms with Crippen molar-refractivity contribution in [3.63, 3.8) is 0 Å². The number of hydrogen-bond acceptors (Lipinski definition) is 11. The molecule has 0 atom stereocenters. The van der Waals surface area contributed by atoms with Gasteiger partial charge in [-0.3, -0.25) is 10.1 Å². The van der Waals surface area contributed by atoms with Gasteiger partial charge in [0.25, 0.3) is 5.69 Å². The van der Waals surface area contributed by atoms with Crippen LogP contribution < -0.4 is 14.4 Å². The molecule has 2 aromatic rings. The Kier molecular flexibility index (Phi) is 11.7. The number of nitro benzene ring substituents is 1. The summed E-state index contributed by atoms with van der Waals surface area (Å²) in [5, 5.41) is 56.2. The van der Waals surface area contributed by atoms with E-state index >= 15 is 0 Å². The van der Waals surface area contributed by atoms with Gasteiger partial charge >= 0.3 is 0 Å². The van der Waals surface area contributed by atoms with Crippen molar-refractivity contribution < 1.29 is 34.8 Å². The molecule has 0 unspecified atom stereocenters. The highest BCUT2D eigenvalue weighted by atomic mass is 16.6. The summed E-state index contributed by atoms with van der Waals surface area (Å²) in [4.78, 5) is 12.2. The fourth-order valence-corrected chi connectivity index (χ4v) is 3.03. The third-order valence-electron chi connectivity index (χ3n) is 4.58. The lowest BCUT2D eigenvalue weighted by Crippen LogP contribution is -2.27. The van der Waals surface area contributed by atoms with Crippen molar-refractivity contribution in [3.05, 3.63) is 46.5 Å². The Morgan fingerprint density at radius 2 is 1.41 bits per heavy atom. The molecular formula is C22H30N4O8. The number of benzene rings is 2. The van der Waals surface area contributed by atoms with Crippen molar-refractivity contribution in [2.75, 3.05) is 57.6 Å². The molecule has 0 amide bonds. The lowest BCUT2D eigenvalue weighted by molar-refractivity contribution is -0.384. The van der Waals surface area contributed by atoms with E-state index in [0.717, 1.165) is 0 Å². The fraction of sp³-hybridized carbons (Fsp3) is 0.455. The van der Waals surface area contributed by atoms with Crippen LogP contribution in [0.3, 0.4) is 0 Å². The third-order valence-corrected chi connectivity index (χ3v) is 4.58. The van der Waals surface area contributed by atoms with E-state index in [4.69, 9.17) is 9.47 Å². The number of non-ortho nitro benzene ring substituents is 1. The smallest absolute Gasteiger partial charge is 0.269 e. The number of azo groups is 1. The largest absolute Gasteiger partial charge is 0.489 e. The Hall–Kier alpha value is -3.32. The van der Waals surface area contributed by atoms with Gasteiger partial charge in [0.1, 0.15) is 30.4 Å². The summed E-state index contributed by atoms with van der Waals surface area (Å²) < 4.78 is 11.4. The van der Waals surface area contributed by atoms with Gasteiger partial charge in [-0.25, -0.2) is 0 Å². The molecule has 0 spiro atoms. The van der Waals surface area contributed by atoms with Crippen LogP contribution in [0.1, 0.15) is 12.8 Å². The molecule has 0 radical (unpaired) electrons. The number of anilines is 1. The van der Waals surface area contributed by atoms with Crippen molar-refractivity contribution in [1.82, 2.24) is 0 Å². The lowest BCUT2D eigenvalue weighted by Gasteiger charge is -2.27. The average Bonchev–Trinajstić information content (AvgIpc) is 2.85. The van der Waals surface area contributed by atoms with Crippen LogP contribution in [0.5, 0.6) is 11.5 Å². The maximum atomic E-state index is 10.8. The first-order chi connectivity index (χ1) is 16.5. The van der Waals surface area contributed by atoms with E-state index in [0.29, 0.717) is 48.8 Å². The van der Waals surface area contributed by atoms with E-state index in [9.17, 15) is 30.5 Å². The van der Waals surface area contributed by atoms with Crippen molar-refractivity contribution in [2.45, 2.75) is 12.8 Å². The molecule has 0 aliphatic heterocycles. The summed E-state index contributed by atoms with van der Waals surface area (Å²) in [5.74, 6) is 0.697. The minimum absolute atomic E-state index is 0.00359. The number of nitrogens with zero attached hydrogens (tertiary/aromatic N) is 4. The topological polar surface area (TPSA) is 170 Å². The highest BCUT2D eigenvalue weighted by Gasteiger charge is 2.18. The fourth-order valence-electron chi connectivity index (χ4n) is 3.03. The summed E-state index contributed by atoms with van der Waals surface area (Å²) in [6, 6.07) is 8.80. The van der Waals surface area contributed by atoms with E-state index in [2.05, 4.69) is 10.2 Å². The molecule has 2 rings (SSSR count). The van der Waals surface area contributed by atoms with Gasteiger partial charge in [-0.2, -0.15) is 5.11 Å². The number of nitro groups is 1. The Balaban J connectivity index is 2.47. The molecule has 0 fully saturated rings. The first-order valence-corrected chi connectivity index (χ1v) is 10.8. The molecule has 186 valence electrons. The van der Waals surface area contributed by atoms with Crippen molar-refractivity contribution in [2.24, 2.45) is 10.2 Å². The van der Waals surface area contributed by atoms with Gasteiger partial charge in [-0.1, -0.05) is 0 Å². The van der Waals surface area contributed by atoms with E-state index in [1.165, 1.54) is 24.3 Å². The molecule has 0 aromatic heterocycles. The summed E-state index contributed by atoms with van der Waals surface area (Å²) in [7, 11) is 0. The SMILES string of the molecule is O=[N+]([O-])c1ccc(N=Nc2cc(OCCO)c(N(CCCO)CCCO)cc2OCCO)cc1. The molecule has 0 aliphatic carbocycles. The number of aliphatic hydroxyl groups excluding tert-OH is 4. The maximum absolute atomic E-state index is 10.8. The average molecular weight is 479 g/mol. The maximum Gasteiger partial charge on any atom is 0.269 e. The third kappa shape index (κ3) is 8.23. The standard InChI is InChI=1S/C22H30N4O8/c27-9-1-7-25(8-2-10-28)20-16-21(33-13-11-29)19(15-22(20)34-14-12-30)24-23-17-3-5-18(6-4-17)26(31)32/h3-6,15-16,27-30H,1-2,7-14H2. The minimum Gasteiger partial charge on any atom is -0.489 e. The molecule has 2 aromatic carbocycles. The van der Waals surface area contributed by atoms with Crippen LogP contribution in [-0.4, -0.2) is 78.1 Å². The molecule has 4 N–H and O–H groups in total. The second-order valence-corrected chi connectivity index (χ2v) is 7.05. The monoisotopic (exact) mass is 478 g/mol. The normalized spacial score (nSPS) is 11.1. The number of aliphatic hydroxyl groups is 4. The quantitative estimate of drug-likeness (QED) is 0.161. The predicted molar refractivity (Wildman–Crippen MR) is 124 cm³/mol. The zero-order valence-corrected chi connectivity index (χ0v) is 18.7. The summed E-state index contributed by atoms with van der Waals surface area (Å²) in [5.41, 5.74) is 1.21. The summed E-state index contributed by atoms with van der Waals surface area (Å²) in [6.45, 7) is 0.519. The van der Waals surface area contributed by atoms with Gasteiger partial charge < -0.3 is 34.8 Å². The van der Waals surface area contributed by atoms with E-state index in [-0.39, 0.29) is 51.0 Å². The zero-order valence-electron chi connectivity index (χ0n) is 18.7. The zero-order chi connectivity index (χ0) is 24.8. The Bertz CT molecular complexity index is 916.